The first-order valence-corrected chi connectivity index (χ1v) is 8.32. The molecule has 0 radical (unpaired) electrons. The van der Waals surface area contributed by atoms with Crippen LogP contribution in [0.4, 0.5) is 4.39 Å². The van der Waals surface area contributed by atoms with Crippen molar-refractivity contribution < 1.29 is 8.81 Å². The molecule has 132 valence electrons. The van der Waals surface area contributed by atoms with Gasteiger partial charge in [-0.2, -0.15) is 0 Å². The van der Waals surface area contributed by atoms with Gasteiger partial charge < -0.3 is 4.42 Å². The third-order valence-corrected chi connectivity index (χ3v) is 4.20. The highest BCUT2D eigenvalue weighted by Gasteiger charge is 2.15. The van der Waals surface area contributed by atoms with Gasteiger partial charge in [-0.25, -0.2) is 4.39 Å². The van der Waals surface area contributed by atoms with Gasteiger partial charge in [0.15, 0.2) is 0 Å². The molecule has 0 bridgehead atoms. The summed E-state index contributed by atoms with van der Waals surface area (Å²) < 4.78 is 19.8. The minimum Gasteiger partial charge on any atom is -0.457 e. The molecule has 2 aromatic heterocycles. The van der Waals surface area contributed by atoms with E-state index in [2.05, 4.69) is 9.98 Å². The van der Waals surface area contributed by atoms with Crippen LogP contribution in [-0.4, -0.2) is 17.2 Å². The number of nitrogens with zero attached hydrogens (tertiary/aromatic N) is 2. The Hall–Kier alpha value is -3.01. The zero-order chi connectivity index (χ0) is 17.1. The lowest BCUT2D eigenvalue weighted by Crippen LogP contribution is -2.11. The van der Waals surface area contributed by atoms with Gasteiger partial charge in [0.25, 0.3) is 0 Å². The topological polar surface area (TPSA) is 38.4 Å². The lowest BCUT2D eigenvalue weighted by Gasteiger charge is -2.15. The van der Waals surface area contributed by atoms with Crippen LogP contribution in [0.15, 0.2) is 75.9 Å². The van der Waals surface area contributed by atoms with E-state index in [0.29, 0.717) is 17.1 Å². The van der Waals surface area contributed by atoms with Gasteiger partial charge in [0.1, 0.15) is 17.3 Å². The third-order valence-electron chi connectivity index (χ3n) is 4.20. The summed E-state index contributed by atoms with van der Waals surface area (Å²) in [6, 6.07) is 14.2. The van der Waals surface area contributed by atoms with Crippen LogP contribution in [0.2, 0.25) is 0 Å². The Morgan fingerprint density at radius 1 is 1.04 bits per heavy atom. The number of hydrogen-bond donors (Lipinski definition) is 0. The van der Waals surface area contributed by atoms with Crippen LogP contribution in [0.1, 0.15) is 31.6 Å². The molecule has 0 atom stereocenters. The molecule has 0 saturated carbocycles. The van der Waals surface area contributed by atoms with Gasteiger partial charge in [-0.05, 0) is 60.9 Å². The smallest absolute Gasteiger partial charge is 0.137 e. The third kappa shape index (κ3) is 3.64. The van der Waals surface area contributed by atoms with E-state index in [1.807, 2.05) is 30.5 Å². The van der Waals surface area contributed by atoms with Crippen molar-refractivity contribution in [1.82, 2.24) is 4.98 Å². The lowest BCUT2D eigenvalue weighted by molar-refractivity contribution is 0.560. The van der Waals surface area contributed by atoms with E-state index in [1.165, 1.54) is 6.07 Å². The first-order chi connectivity index (χ1) is 12.3. The fourth-order valence-electron chi connectivity index (χ4n) is 3.01. The Kier molecular flexibility index (Phi) is 5.42. The Bertz CT molecular complexity index is 942. The second-order valence-electron chi connectivity index (χ2n) is 5.93. The molecule has 3 aromatic rings. The highest BCUT2D eigenvalue weighted by molar-refractivity contribution is 6.15. The predicted octanol–water partition coefficient (Wildman–Crippen LogP) is 5.78. The largest absolute Gasteiger partial charge is 0.457 e. The van der Waals surface area contributed by atoms with Crippen molar-refractivity contribution in [2.45, 2.75) is 20.3 Å². The van der Waals surface area contributed by atoms with E-state index in [4.69, 9.17) is 4.42 Å². The zero-order valence-electron chi connectivity index (χ0n) is 13.7. The van der Waals surface area contributed by atoms with E-state index < -0.39 is 0 Å². The molecule has 3 nitrogen and oxygen atoms in total. The van der Waals surface area contributed by atoms with E-state index in [1.54, 1.807) is 30.5 Å². The molecule has 26 heavy (non-hydrogen) atoms. The summed E-state index contributed by atoms with van der Waals surface area (Å²) in [5.74, 6) is 0.943. The van der Waals surface area contributed by atoms with Crippen molar-refractivity contribution in [1.29, 1.82) is 0 Å². The van der Waals surface area contributed by atoms with Gasteiger partial charge in [-0.3, -0.25) is 9.98 Å². The Balaban J connectivity index is 0.00000196. The highest BCUT2D eigenvalue weighted by Crippen LogP contribution is 2.27. The standard InChI is InChI=1S/C21H17FN2O.CH4/c22-19-8-2-1-7-18(19)20-10-9-17(25-20)13-15-5-4-12-24-21(15)16-6-3-11-23-14-16;/h1-3,6-11,13-14H,4-5,12H2;1H4/b15-13+;. The van der Waals surface area contributed by atoms with Crippen LogP contribution in [-0.2, 0) is 0 Å². The molecule has 0 unspecified atom stereocenters. The van der Waals surface area contributed by atoms with Gasteiger partial charge in [0.05, 0.1) is 11.3 Å². The van der Waals surface area contributed by atoms with E-state index in [9.17, 15) is 4.39 Å². The normalized spacial score (nSPS) is 15.4. The number of pyridine rings is 1. The second kappa shape index (κ2) is 7.91. The highest BCUT2D eigenvalue weighted by atomic mass is 19.1. The van der Waals surface area contributed by atoms with Gasteiger partial charge in [-0.15, -0.1) is 0 Å². The molecule has 0 saturated heterocycles. The Morgan fingerprint density at radius 3 is 2.73 bits per heavy atom. The molecule has 1 aromatic carbocycles. The number of halogens is 1. The molecule has 4 heteroatoms. The summed E-state index contributed by atoms with van der Waals surface area (Å²) in [7, 11) is 0. The fraction of sp³-hybridized carbons (Fsp3) is 0.182. The molecule has 1 aliphatic rings. The predicted molar refractivity (Wildman–Crippen MR) is 104 cm³/mol. The van der Waals surface area contributed by atoms with E-state index in [0.717, 1.165) is 36.2 Å². The van der Waals surface area contributed by atoms with Crippen LogP contribution >= 0.6 is 0 Å². The molecule has 1 aliphatic heterocycles. The first kappa shape index (κ1) is 17.8. The summed E-state index contributed by atoms with van der Waals surface area (Å²) in [5, 5.41) is 0. The van der Waals surface area contributed by atoms with Gasteiger partial charge in [0.2, 0.25) is 0 Å². The average molecular weight is 348 g/mol. The van der Waals surface area contributed by atoms with Crippen LogP contribution in [0, 0.1) is 5.82 Å². The quantitative estimate of drug-likeness (QED) is 0.601. The molecule has 4 rings (SSSR count). The van der Waals surface area contributed by atoms with Crippen LogP contribution in [0.3, 0.4) is 0 Å². The molecular formula is C22H21FN2O. The average Bonchev–Trinajstić information content (AvgIpc) is 3.11. The number of rotatable bonds is 3. The van der Waals surface area contributed by atoms with E-state index >= 15 is 0 Å². The minimum absolute atomic E-state index is 0. The molecule has 0 fully saturated rings. The van der Waals surface area contributed by atoms with Crippen molar-refractivity contribution in [3.05, 3.63) is 83.6 Å². The summed E-state index contributed by atoms with van der Waals surface area (Å²) in [6.45, 7) is 0.820. The molecule has 3 heterocycles. The number of aromatic nitrogens is 1. The maximum Gasteiger partial charge on any atom is 0.137 e. The van der Waals surface area contributed by atoms with Gasteiger partial charge in [-0.1, -0.05) is 19.6 Å². The SMILES string of the molecule is C.Fc1ccccc1-c1ccc(/C=C2\CCCN=C2c2cccnc2)o1. The monoisotopic (exact) mass is 348 g/mol. The zero-order valence-corrected chi connectivity index (χ0v) is 13.7. The summed E-state index contributed by atoms with van der Waals surface area (Å²) in [4.78, 5) is 8.84. The molecule has 0 amide bonds. The van der Waals surface area contributed by atoms with Crippen molar-refractivity contribution in [2.75, 3.05) is 6.54 Å². The fourth-order valence-corrected chi connectivity index (χ4v) is 3.01. The van der Waals surface area contributed by atoms with E-state index in [-0.39, 0.29) is 13.2 Å². The van der Waals surface area contributed by atoms with Crippen molar-refractivity contribution >= 4 is 11.8 Å². The number of allylic oxidation sites excluding steroid dienone is 1. The van der Waals surface area contributed by atoms with Crippen LogP contribution in [0.25, 0.3) is 17.4 Å². The van der Waals surface area contributed by atoms with Crippen molar-refractivity contribution in [2.24, 2.45) is 4.99 Å². The Morgan fingerprint density at radius 2 is 1.92 bits per heavy atom. The van der Waals surface area contributed by atoms with Crippen LogP contribution < -0.4 is 0 Å². The summed E-state index contributed by atoms with van der Waals surface area (Å²) in [5.41, 5.74) is 3.56. The van der Waals surface area contributed by atoms with Crippen molar-refractivity contribution in [3.8, 4) is 11.3 Å². The number of aliphatic imine (C=N–C) groups is 1. The number of hydrogen-bond acceptors (Lipinski definition) is 3. The maximum absolute atomic E-state index is 13.9. The molecule has 0 aliphatic carbocycles. The Labute approximate surface area is 152 Å². The molecule has 0 spiro atoms. The summed E-state index contributed by atoms with van der Waals surface area (Å²) >= 11 is 0. The first-order valence-electron chi connectivity index (χ1n) is 8.32. The van der Waals surface area contributed by atoms with Crippen LogP contribution in [0.5, 0.6) is 0 Å². The number of benzene rings is 1. The van der Waals surface area contributed by atoms with Gasteiger partial charge in [0, 0.05) is 24.5 Å². The molecule has 0 N–H and O–H groups in total. The lowest BCUT2D eigenvalue weighted by atomic mass is 9.96. The second-order valence-corrected chi connectivity index (χ2v) is 5.93. The van der Waals surface area contributed by atoms with Crippen molar-refractivity contribution in [3.63, 3.8) is 0 Å². The van der Waals surface area contributed by atoms with Gasteiger partial charge >= 0.3 is 0 Å². The molecular weight excluding hydrogens is 327 g/mol. The summed E-state index contributed by atoms with van der Waals surface area (Å²) in [6.07, 6.45) is 7.52. The number of furan rings is 1. The minimum atomic E-state index is -0.286. The maximum atomic E-state index is 13.9.